The molecule has 82 valence electrons. The van der Waals surface area contributed by atoms with E-state index in [4.69, 9.17) is 0 Å². The molecule has 1 heterocycles. The van der Waals surface area contributed by atoms with Gasteiger partial charge in [0, 0.05) is 19.1 Å². The molecular formula is C12H18N2O. The van der Waals surface area contributed by atoms with Gasteiger partial charge in [0.2, 0.25) is 0 Å². The fraction of sp³-hybridized carbons (Fsp3) is 0.500. The number of nitrogens with zero attached hydrogens (tertiary/aromatic N) is 1. The number of rotatable bonds is 3. The Hall–Kier alpha value is -1.06. The van der Waals surface area contributed by atoms with Gasteiger partial charge in [-0.05, 0) is 37.7 Å². The summed E-state index contributed by atoms with van der Waals surface area (Å²) in [4.78, 5) is 2.33. The Kier molecular flexibility index (Phi) is 3.23. The highest BCUT2D eigenvalue weighted by Crippen LogP contribution is 2.12. The van der Waals surface area contributed by atoms with Crippen molar-refractivity contribution < 1.29 is 5.11 Å². The highest BCUT2D eigenvalue weighted by Gasteiger charge is 2.18. The van der Waals surface area contributed by atoms with Gasteiger partial charge in [-0.25, -0.2) is 0 Å². The van der Waals surface area contributed by atoms with Crippen molar-refractivity contribution in [3.05, 3.63) is 29.8 Å². The monoisotopic (exact) mass is 206 g/mol. The van der Waals surface area contributed by atoms with Gasteiger partial charge >= 0.3 is 0 Å². The minimum absolute atomic E-state index is 0.345. The maximum Gasteiger partial charge on any atom is 0.115 e. The van der Waals surface area contributed by atoms with Gasteiger partial charge < -0.3 is 15.3 Å². The largest absolute Gasteiger partial charge is 0.508 e. The van der Waals surface area contributed by atoms with E-state index in [1.54, 1.807) is 6.07 Å². The fourth-order valence-corrected chi connectivity index (χ4v) is 2.03. The molecule has 1 aromatic carbocycles. The molecule has 1 saturated heterocycles. The molecule has 2 rings (SSSR count). The number of hydrogen-bond acceptors (Lipinski definition) is 3. The van der Waals surface area contributed by atoms with Crippen molar-refractivity contribution in [2.45, 2.75) is 19.0 Å². The summed E-state index contributed by atoms with van der Waals surface area (Å²) in [7, 11) is 2.15. The van der Waals surface area contributed by atoms with Gasteiger partial charge in [-0.15, -0.1) is 0 Å². The lowest BCUT2D eigenvalue weighted by Gasteiger charge is -2.12. The average molecular weight is 206 g/mol. The molecule has 1 aliphatic rings. The second kappa shape index (κ2) is 4.64. The number of likely N-dealkylation sites (N-methyl/N-ethyl adjacent to an activating group) is 1. The zero-order chi connectivity index (χ0) is 10.7. The van der Waals surface area contributed by atoms with Crippen LogP contribution in [-0.2, 0) is 6.54 Å². The molecule has 1 unspecified atom stereocenters. The first kappa shape index (κ1) is 10.5. The second-order valence-corrected chi connectivity index (χ2v) is 4.30. The van der Waals surface area contributed by atoms with E-state index in [1.165, 1.54) is 13.0 Å². The zero-order valence-corrected chi connectivity index (χ0v) is 9.11. The van der Waals surface area contributed by atoms with Crippen molar-refractivity contribution in [3.63, 3.8) is 0 Å². The number of phenols is 1. The molecule has 0 spiro atoms. The molecule has 0 amide bonds. The van der Waals surface area contributed by atoms with Gasteiger partial charge in [-0.1, -0.05) is 12.1 Å². The van der Waals surface area contributed by atoms with Crippen LogP contribution in [0.4, 0.5) is 0 Å². The Labute approximate surface area is 90.7 Å². The Morgan fingerprint density at radius 3 is 3.07 bits per heavy atom. The molecule has 1 aromatic rings. The summed E-state index contributed by atoms with van der Waals surface area (Å²) in [5.41, 5.74) is 1.14. The number of benzene rings is 1. The first-order valence-electron chi connectivity index (χ1n) is 5.44. The van der Waals surface area contributed by atoms with Gasteiger partial charge in [0.05, 0.1) is 0 Å². The lowest BCUT2D eigenvalue weighted by molar-refractivity contribution is 0.397. The molecule has 15 heavy (non-hydrogen) atoms. The number of likely N-dealkylation sites (tertiary alicyclic amines) is 1. The smallest absolute Gasteiger partial charge is 0.115 e. The van der Waals surface area contributed by atoms with Crippen LogP contribution in [0, 0.1) is 0 Å². The van der Waals surface area contributed by atoms with Crippen LogP contribution in [-0.4, -0.2) is 36.2 Å². The highest BCUT2D eigenvalue weighted by molar-refractivity contribution is 5.26. The molecule has 1 atom stereocenters. The summed E-state index contributed by atoms with van der Waals surface area (Å²) < 4.78 is 0. The van der Waals surface area contributed by atoms with Gasteiger partial charge in [0.15, 0.2) is 0 Å². The van der Waals surface area contributed by atoms with Crippen LogP contribution in [0.5, 0.6) is 5.75 Å². The molecule has 1 aliphatic heterocycles. The van der Waals surface area contributed by atoms with E-state index in [9.17, 15) is 5.11 Å². The maximum absolute atomic E-state index is 9.31. The lowest BCUT2D eigenvalue weighted by atomic mass is 10.2. The molecule has 0 saturated carbocycles. The van der Waals surface area contributed by atoms with Crippen molar-refractivity contribution in [2.75, 3.05) is 20.1 Å². The first-order chi connectivity index (χ1) is 7.24. The topological polar surface area (TPSA) is 35.5 Å². The third-order valence-electron chi connectivity index (χ3n) is 2.90. The predicted octanol–water partition coefficient (Wildman–Crippen LogP) is 1.19. The summed E-state index contributed by atoms with van der Waals surface area (Å²) in [6.45, 7) is 3.14. The maximum atomic E-state index is 9.31. The van der Waals surface area contributed by atoms with Crippen molar-refractivity contribution in [3.8, 4) is 5.75 Å². The van der Waals surface area contributed by atoms with Crippen LogP contribution in [0.15, 0.2) is 24.3 Å². The minimum Gasteiger partial charge on any atom is -0.508 e. The van der Waals surface area contributed by atoms with Gasteiger partial charge in [0.1, 0.15) is 5.75 Å². The molecule has 3 heteroatoms. The number of nitrogens with one attached hydrogen (secondary N) is 1. The molecule has 0 bridgehead atoms. The van der Waals surface area contributed by atoms with E-state index in [0.29, 0.717) is 11.8 Å². The number of aromatic hydroxyl groups is 1. The van der Waals surface area contributed by atoms with E-state index in [1.807, 2.05) is 18.2 Å². The normalized spacial score (nSPS) is 22.1. The van der Waals surface area contributed by atoms with Crippen LogP contribution < -0.4 is 5.32 Å². The molecule has 0 radical (unpaired) electrons. The van der Waals surface area contributed by atoms with Crippen molar-refractivity contribution in [1.82, 2.24) is 10.2 Å². The molecule has 0 aromatic heterocycles. The third kappa shape index (κ3) is 2.94. The third-order valence-corrected chi connectivity index (χ3v) is 2.90. The van der Waals surface area contributed by atoms with Crippen LogP contribution in [0.25, 0.3) is 0 Å². The fourth-order valence-electron chi connectivity index (χ4n) is 2.03. The molecular weight excluding hydrogens is 188 g/mol. The summed E-state index contributed by atoms with van der Waals surface area (Å²) >= 11 is 0. The number of phenolic OH excluding ortho intramolecular Hbond substituents is 1. The minimum atomic E-state index is 0.345. The van der Waals surface area contributed by atoms with Crippen LogP contribution in [0.1, 0.15) is 12.0 Å². The first-order valence-corrected chi connectivity index (χ1v) is 5.44. The molecule has 0 aliphatic carbocycles. The van der Waals surface area contributed by atoms with Crippen LogP contribution in [0.3, 0.4) is 0 Å². The standard InChI is InChI=1S/C12H18N2O/c1-14-6-5-11(9-14)13-8-10-3-2-4-12(15)7-10/h2-4,7,11,13,15H,5-6,8-9H2,1H3. The quantitative estimate of drug-likeness (QED) is 0.779. The van der Waals surface area contributed by atoms with Crippen molar-refractivity contribution in [2.24, 2.45) is 0 Å². The Morgan fingerprint density at radius 1 is 1.53 bits per heavy atom. The van der Waals surface area contributed by atoms with Crippen molar-refractivity contribution >= 4 is 0 Å². The summed E-state index contributed by atoms with van der Waals surface area (Å²) in [5, 5.41) is 12.8. The van der Waals surface area contributed by atoms with Gasteiger partial charge in [-0.3, -0.25) is 0 Å². The molecule has 1 fully saturated rings. The summed E-state index contributed by atoms with van der Waals surface area (Å²) in [6.07, 6.45) is 1.22. The Bertz CT molecular complexity index is 327. The van der Waals surface area contributed by atoms with Gasteiger partial charge in [-0.2, -0.15) is 0 Å². The van der Waals surface area contributed by atoms with Crippen molar-refractivity contribution in [1.29, 1.82) is 0 Å². The second-order valence-electron chi connectivity index (χ2n) is 4.30. The van der Waals surface area contributed by atoms with Crippen LogP contribution in [0.2, 0.25) is 0 Å². The predicted molar refractivity (Wildman–Crippen MR) is 60.8 cm³/mol. The van der Waals surface area contributed by atoms with E-state index >= 15 is 0 Å². The van der Waals surface area contributed by atoms with E-state index in [-0.39, 0.29) is 0 Å². The number of hydrogen-bond donors (Lipinski definition) is 2. The van der Waals surface area contributed by atoms with Crippen LogP contribution >= 0.6 is 0 Å². The SMILES string of the molecule is CN1CCC(NCc2cccc(O)c2)C1. The van der Waals surface area contributed by atoms with E-state index in [0.717, 1.165) is 18.7 Å². The molecule has 3 nitrogen and oxygen atoms in total. The van der Waals surface area contributed by atoms with Gasteiger partial charge in [0.25, 0.3) is 0 Å². The Morgan fingerprint density at radius 2 is 2.40 bits per heavy atom. The van der Waals surface area contributed by atoms with E-state index in [2.05, 4.69) is 17.3 Å². The lowest BCUT2D eigenvalue weighted by Crippen LogP contribution is -2.30. The average Bonchev–Trinajstić information content (AvgIpc) is 2.62. The Balaban J connectivity index is 1.83. The summed E-state index contributed by atoms with van der Waals surface area (Å²) in [6, 6.07) is 8.02. The van der Waals surface area contributed by atoms with E-state index < -0.39 is 0 Å². The summed E-state index contributed by atoms with van der Waals surface area (Å²) in [5.74, 6) is 0.345. The molecule has 2 N–H and O–H groups in total. The highest BCUT2D eigenvalue weighted by atomic mass is 16.3. The zero-order valence-electron chi connectivity index (χ0n) is 9.11.